The summed E-state index contributed by atoms with van der Waals surface area (Å²) in [6, 6.07) is 0. The SMILES string of the molecule is C=C1C=CC(C)O/C1=C/C. The Hall–Kier alpha value is -0.980. The molecule has 0 amide bonds. The average molecular weight is 136 g/mol. The third-order valence-corrected chi connectivity index (χ3v) is 1.46. The molecular weight excluding hydrogens is 124 g/mol. The highest BCUT2D eigenvalue weighted by Gasteiger charge is 2.08. The van der Waals surface area contributed by atoms with Crippen LogP contribution in [0.5, 0.6) is 0 Å². The molecule has 0 saturated carbocycles. The fourth-order valence-corrected chi connectivity index (χ4v) is 0.902. The maximum Gasteiger partial charge on any atom is 0.122 e. The van der Waals surface area contributed by atoms with Gasteiger partial charge in [-0.1, -0.05) is 12.7 Å². The van der Waals surface area contributed by atoms with Gasteiger partial charge in [0.05, 0.1) is 0 Å². The standard InChI is InChI=1S/C9H12O/c1-4-9-7(2)5-6-8(3)10-9/h4-6,8H,2H2,1,3H3/b9-4+. The molecule has 1 heteroatoms. The number of hydrogen-bond acceptors (Lipinski definition) is 1. The van der Waals surface area contributed by atoms with Gasteiger partial charge >= 0.3 is 0 Å². The van der Waals surface area contributed by atoms with E-state index in [2.05, 4.69) is 6.58 Å². The van der Waals surface area contributed by atoms with Gasteiger partial charge in [0.15, 0.2) is 0 Å². The van der Waals surface area contributed by atoms with Crippen LogP contribution in [0.4, 0.5) is 0 Å². The maximum absolute atomic E-state index is 5.42. The van der Waals surface area contributed by atoms with Crippen molar-refractivity contribution in [3.8, 4) is 0 Å². The molecule has 0 N–H and O–H groups in total. The molecule has 0 aromatic heterocycles. The third kappa shape index (κ3) is 1.29. The predicted molar refractivity (Wildman–Crippen MR) is 42.6 cm³/mol. The Bertz CT molecular complexity index is 199. The Labute approximate surface area is 61.7 Å². The van der Waals surface area contributed by atoms with Crippen molar-refractivity contribution in [2.75, 3.05) is 0 Å². The first-order chi connectivity index (χ1) is 4.74. The van der Waals surface area contributed by atoms with Crippen molar-refractivity contribution in [3.63, 3.8) is 0 Å². The van der Waals surface area contributed by atoms with Crippen LogP contribution in [0.25, 0.3) is 0 Å². The maximum atomic E-state index is 5.42. The van der Waals surface area contributed by atoms with Gasteiger partial charge in [0.25, 0.3) is 0 Å². The van der Waals surface area contributed by atoms with Crippen molar-refractivity contribution in [2.24, 2.45) is 0 Å². The molecule has 1 aliphatic rings. The normalized spacial score (nSPS) is 28.8. The van der Waals surface area contributed by atoms with Crippen LogP contribution in [0.3, 0.4) is 0 Å². The number of rotatable bonds is 0. The number of hydrogen-bond donors (Lipinski definition) is 0. The summed E-state index contributed by atoms with van der Waals surface area (Å²) >= 11 is 0. The second kappa shape index (κ2) is 2.74. The van der Waals surface area contributed by atoms with Gasteiger partial charge in [-0.05, 0) is 26.0 Å². The van der Waals surface area contributed by atoms with E-state index >= 15 is 0 Å². The molecule has 0 fully saturated rings. The first-order valence-electron chi connectivity index (χ1n) is 3.44. The summed E-state index contributed by atoms with van der Waals surface area (Å²) in [6.07, 6.45) is 6.11. The van der Waals surface area contributed by atoms with Crippen LogP contribution in [0.15, 0.2) is 36.1 Å². The molecule has 0 saturated heterocycles. The molecule has 0 aliphatic carbocycles. The Morgan fingerprint density at radius 1 is 1.70 bits per heavy atom. The topological polar surface area (TPSA) is 9.23 Å². The summed E-state index contributed by atoms with van der Waals surface area (Å²) in [4.78, 5) is 0. The fraction of sp³-hybridized carbons (Fsp3) is 0.333. The van der Waals surface area contributed by atoms with E-state index in [1.54, 1.807) is 0 Å². The molecular formula is C9H12O. The quantitative estimate of drug-likeness (QED) is 0.497. The van der Waals surface area contributed by atoms with Gasteiger partial charge < -0.3 is 4.74 Å². The Morgan fingerprint density at radius 2 is 2.40 bits per heavy atom. The highest BCUT2D eigenvalue weighted by Crippen LogP contribution is 2.18. The van der Waals surface area contributed by atoms with Crippen molar-refractivity contribution >= 4 is 0 Å². The van der Waals surface area contributed by atoms with Crippen molar-refractivity contribution in [1.82, 2.24) is 0 Å². The van der Waals surface area contributed by atoms with Crippen LogP contribution in [-0.2, 0) is 4.74 Å². The minimum absolute atomic E-state index is 0.191. The third-order valence-electron chi connectivity index (χ3n) is 1.46. The molecule has 1 nitrogen and oxygen atoms in total. The van der Waals surface area contributed by atoms with Crippen LogP contribution >= 0.6 is 0 Å². The largest absolute Gasteiger partial charge is 0.486 e. The zero-order valence-electron chi connectivity index (χ0n) is 6.42. The predicted octanol–water partition coefficient (Wildman–Crippen LogP) is 2.42. The molecule has 1 aliphatic heterocycles. The molecule has 54 valence electrons. The lowest BCUT2D eigenvalue weighted by molar-refractivity contribution is 0.172. The van der Waals surface area contributed by atoms with Crippen LogP contribution in [-0.4, -0.2) is 6.10 Å². The lowest BCUT2D eigenvalue weighted by Gasteiger charge is -2.18. The lowest BCUT2D eigenvalue weighted by Crippen LogP contribution is -2.09. The van der Waals surface area contributed by atoms with Crippen molar-refractivity contribution in [1.29, 1.82) is 0 Å². The van der Waals surface area contributed by atoms with E-state index in [1.165, 1.54) is 0 Å². The minimum Gasteiger partial charge on any atom is -0.486 e. The molecule has 0 bridgehead atoms. The second-order valence-corrected chi connectivity index (χ2v) is 2.36. The van der Waals surface area contributed by atoms with E-state index in [1.807, 2.05) is 32.1 Å². The van der Waals surface area contributed by atoms with Gasteiger partial charge in [0.2, 0.25) is 0 Å². The number of ether oxygens (including phenoxy) is 1. The van der Waals surface area contributed by atoms with Crippen molar-refractivity contribution in [2.45, 2.75) is 20.0 Å². The number of allylic oxidation sites excluding steroid dienone is 2. The average Bonchev–Trinajstić information content (AvgIpc) is 1.94. The summed E-state index contributed by atoms with van der Waals surface area (Å²) in [6.45, 7) is 7.78. The molecule has 0 aromatic rings. The highest BCUT2D eigenvalue weighted by atomic mass is 16.5. The molecule has 1 heterocycles. The summed E-state index contributed by atoms with van der Waals surface area (Å²) in [5.41, 5.74) is 0.959. The van der Waals surface area contributed by atoms with Gasteiger partial charge in [-0.25, -0.2) is 0 Å². The molecule has 0 radical (unpaired) electrons. The zero-order chi connectivity index (χ0) is 7.56. The Kier molecular flexibility index (Phi) is 1.95. The molecule has 10 heavy (non-hydrogen) atoms. The Balaban J connectivity index is 2.82. The molecule has 0 aromatic carbocycles. The van der Waals surface area contributed by atoms with E-state index in [4.69, 9.17) is 4.74 Å². The van der Waals surface area contributed by atoms with Gasteiger partial charge in [-0.3, -0.25) is 0 Å². The van der Waals surface area contributed by atoms with E-state index in [9.17, 15) is 0 Å². The fourth-order valence-electron chi connectivity index (χ4n) is 0.902. The van der Waals surface area contributed by atoms with Gasteiger partial charge in [-0.15, -0.1) is 0 Å². The van der Waals surface area contributed by atoms with Gasteiger partial charge in [-0.2, -0.15) is 0 Å². The van der Waals surface area contributed by atoms with Crippen LogP contribution in [0.2, 0.25) is 0 Å². The molecule has 1 unspecified atom stereocenters. The van der Waals surface area contributed by atoms with E-state index < -0.39 is 0 Å². The summed E-state index contributed by atoms with van der Waals surface area (Å²) in [7, 11) is 0. The van der Waals surface area contributed by atoms with Crippen molar-refractivity contribution < 1.29 is 4.74 Å². The second-order valence-electron chi connectivity index (χ2n) is 2.36. The van der Waals surface area contributed by atoms with Gasteiger partial charge in [0, 0.05) is 5.57 Å². The van der Waals surface area contributed by atoms with E-state index in [-0.39, 0.29) is 6.10 Å². The van der Waals surface area contributed by atoms with Crippen LogP contribution in [0.1, 0.15) is 13.8 Å². The smallest absolute Gasteiger partial charge is 0.122 e. The monoisotopic (exact) mass is 136 g/mol. The molecule has 1 atom stereocenters. The summed E-state index contributed by atoms with van der Waals surface area (Å²) in [5.74, 6) is 0.898. The first-order valence-corrected chi connectivity index (χ1v) is 3.44. The van der Waals surface area contributed by atoms with Crippen LogP contribution in [0, 0.1) is 0 Å². The highest BCUT2D eigenvalue weighted by molar-refractivity contribution is 5.35. The first kappa shape index (κ1) is 7.13. The lowest BCUT2D eigenvalue weighted by atomic mass is 10.1. The zero-order valence-corrected chi connectivity index (χ0v) is 6.42. The summed E-state index contributed by atoms with van der Waals surface area (Å²) < 4.78 is 5.42. The molecule has 1 rings (SSSR count). The van der Waals surface area contributed by atoms with Gasteiger partial charge in [0.1, 0.15) is 11.9 Å². The van der Waals surface area contributed by atoms with E-state index in [0.717, 1.165) is 11.3 Å². The summed E-state index contributed by atoms with van der Waals surface area (Å²) in [5, 5.41) is 0. The molecule has 0 spiro atoms. The van der Waals surface area contributed by atoms with Crippen molar-refractivity contribution in [3.05, 3.63) is 36.1 Å². The Morgan fingerprint density at radius 3 is 2.90 bits per heavy atom. The van der Waals surface area contributed by atoms with Crippen LogP contribution < -0.4 is 0 Å². The minimum atomic E-state index is 0.191. The van der Waals surface area contributed by atoms with E-state index in [0.29, 0.717) is 0 Å².